The van der Waals surface area contributed by atoms with E-state index in [1.54, 1.807) is 0 Å². The van der Waals surface area contributed by atoms with Crippen LogP contribution >= 0.6 is 0 Å². The highest BCUT2D eigenvalue weighted by Gasteiger charge is 2.37. The van der Waals surface area contributed by atoms with Crippen LogP contribution in [0.4, 0.5) is 0 Å². The fourth-order valence-electron chi connectivity index (χ4n) is 2.81. The van der Waals surface area contributed by atoms with Crippen LogP contribution in [-0.4, -0.2) is 18.6 Å². The normalized spacial score (nSPS) is 41.8. The Morgan fingerprint density at radius 3 is 2.47 bits per heavy atom. The smallest absolute Gasteiger partial charge is 0.0306 e. The van der Waals surface area contributed by atoms with Gasteiger partial charge in [0.15, 0.2) is 0 Å². The zero-order chi connectivity index (χ0) is 10.9. The zero-order valence-corrected chi connectivity index (χ0v) is 10.3. The topological polar surface area (TPSA) is 38.0 Å². The quantitative estimate of drug-likeness (QED) is 0.746. The maximum atomic E-state index is 5.99. The summed E-state index contributed by atoms with van der Waals surface area (Å²) in [6.07, 6.45) is 6.76. The molecule has 0 bridgehead atoms. The summed E-state index contributed by atoms with van der Waals surface area (Å²) in [5, 5.41) is 3.77. The molecule has 0 aromatic rings. The molecule has 0 saturated heterocycles. The molecule has 2 aliphatic rings. The van der Waals surface area contributed by atoms with Gasteiger partial charge >= 0.3 is 0 Å². The van der Waals surface area contributed by atoms with Crippen molar-refractivity contribution in [1.29, 1.82) is 0 Å². The van der Waals surface area contributed by atoms with Gasteiger partial charge in [-0.15, -0.1) is 0 Å². The van der Waals surface area contributed by atoms with Crippen LogP contribution in [0, 0.1) is 17.8 Å². The molecule has 0 heterocycles. The largest absolute Gasteiger partial charge is 0.329 e. The highest BCUT2D eigenvalue weighted by Crippen LogP contribution is 2.37. The van der Waals surface area contributed by atoms with Gasteiger partial charge in [-0.1, -0.05) is 13.8 Å². The van der Waals surface area contributed by atoms with E-state index in [1.165, 1.54) is 38.6 Å². The average Bonchev–Trinajstić information content (AvgIpc) is 3.04. The fourth-order valence-corrected chi connectivity index (χ4v) is 2.81. The van der Waals surface area contributed by atoms with Crippen molar-refractivity contribution < 1.29 is 0 Å². The second kappa shape index (κ2) is 4.42. The molecule has 2 aliphatic carbocycles. The third-order valence-electron chi connectivity index (χ3n) is 4.62. The first-order chi connectivity index (χ1) is 7.15. The Kier molecular flexibility index (Phi) is 3.36. The number of hydrogen-bond acceptors (Lipinski definition) is 2. The lowest BCUT2D eigenvalue weighted by molar-refractivity contribution is 0.145. The molecule has 0 aromatic carbocycles. The first-order valence-corrected chi connectivity index (χ1v) is 6.60. The summed E-state index contributed by atoms with van der Waals surface area (Å²) < 4.78 is 0. The van der Waals surface area contributed by atoms with Crippen LogP contribution in [0.5, 0.6) is 0 Å². The van der Waals surface area contributed by atoms with Crippen molar-refractivity contribution in [3.05, 3.63) is 0 Å². The number of rotatable bonds is 4. The molecule has 3 atom stereocenters. The minimum absolute atomic E-state index is 0.272. The molecule has 3 N–H and O–H groups in total. The highest BCUT2D eigenvalue weighted by atomic mass is 15.0. The van der Waals surface area contributed by atoms with Gasteiger partial charge in [-0.2, -0.15) is 0 Å². The molecule has 88 valence electrons. The van der Waals surface area contributed by atoms with Crippen molar-refractivity contribution in [2.45, 2.75) is 51.5 Å². The molecular formula is C13H26N2. The lowest BCUT2D eigenvalue weighted by atomic mass is 9.71. The summed E-state index contributed by atoms with van der Waals surface area (Å²) in [5.74, 6) is 2.67. The molecule has 2 saturated carbocycles. The molecular weight excluding hydrogens is 184 g/mol. The average molecular weight is 210 g/mol. The second-order valence-corrected chi connectivity index (χ2v) is 6.01. The number of hydrogen-bond donors (Lipinski definition) is 2. The highest BCUT2D eigenvalue weighted by molar-refractivity contribution is 4.96. The van der Waals surface area contributed by atoms with Gasteiger partial charge in [0.1, 0.15) is 0 Å². The van der Waals surface area contributed by atoms with Crippen LogP contribution in [-0.2, 0) is 0 Å². The Balaban J connectivity index is 1.88. The van der Waals surface area contributed by atoms with Gasteiger partial charge in [0.05, 0.1) is 0 Å². The Labute approximate surface area is 94.0 Å². The number of nitrogens with two attached hydrogens (primary N) is 1. The fraction of sp³-hybridized carbons (Fsp3) is 1.00. The summed E-state index contributed by atoms with van der Waals surface area (Å²) in [6.45, 7) is 6.79. The van der Waals surface area contributed by atoms with Gasteiger partial charge in [-0.05, 0) is 56.4 Å². The Morgan fingerprint density at radius 2 is 1.93 bits per heavy atom. The van der Waals surface area contributed by atoms with Crippen molar-refractivity contribution in [3.63, 3.8) is 0 Å². The summed E-state index contributed by atoms with van der Waals surface area (Å²) in [6, 6.07) is 0. The Morgan fingerprint density at radius 1 is 1.20 bits per heavy atom. The van der Waals surface area contributed by atoms with Gasteiger partial charge in [0, 0.05) is 12.1 Å². The van der Waals surface area contributed by atoms with E-state index in [2.05, 4.69) is 19.2 Å². The van der Waals surface area contributed by atoms with Crippen molar-refractivity contribution in [2.75, 3.05) is 13.1 Å². The van der Waals surface area contributed by atoms with E-state index in [0.29, 0.717) is 0 Å². The first kappa shape index (κ1) is 11.4. The predicted molar refractivity (Wildman–Crippen MR) is 64.7 cm³/mol. The molecule has 0 aliphatic heterocycles. The van der Waals surface area contributed by atoms with Crippen LogP contribution in [0.2, 0.25) is 0 Å². The lowest BCUT2D eigenvalue weighted by Crippen LogP contribution is -2.55. The van der Waals surface area contributed by atoms with Gasteiger partial charge < -0.3 is 11.1 Å². The standard InChI is InChI=1S/C13H26N2/c1-10-5-6-13(9-14,7-11(10)2)15-8-12-3-4-12/h10-12,15H,3-9,14H2,1-2H3. The van der Waals surface area contributed by atoms with E-state index in [1.807, 2.05) is 0 Å². The van der Waals surface area contributed by atoms with Gasteiger partial charge in [0.2, 0.25) is 0 Å². The minimum Gasteiger partial charge on any atom is -0.329 e. The monoisotopic (exact) mass is 210 g/mol. The third-order valence-corrected chi connectivity index (χ3v) is 4.62. The van der Waals surface area contributed by atoms with E-state index in [-0.39, 0.29) is 5.54 Å². The van der Waals surface area contributed by atoms with Crippen LogP contribution < -0.4 is 11.1 Å². The van der Waals surface area contributed by atoms with Crippen LogP contribution in [0.1, 0.15) is 46.0 Å². The molecule has 0 amide bonds. The SMILES string of the molecule is CC1CCC(CN)(NCC2CC2)CC1C. The van der Waals surface area contributed by atoms with Crippen LogP contribution in [0.3, 0.4) is 0 Å². The van der Waals surface area contributed by atoms with Gasteiger partial charge in [0.25, 0.3) is 0 Å². The first-order valence-electron chi connectivity index (χ1n) is 6.60. The molecule has 15 heavy (non-hydrogen) atoms. The maximum absolute atomic E-state index is 5.99. The van der Waals surface area contributed by atoms with Crippen LogP contribution in [0.25, 0.3) is 0 Å². The Hall–Kier alpha value is -0.0800. The molecule has 2 heteroatoms. The molecule has 3 unspecified atom stereocenters. The zero-order valence-electron chi connectivity index (χ0n) is 10.3. The molecule has 2 fully saturated rings. The van der Waals surface area contributed by atoms with Crippen molar-refractivity contribution in [1.82, 2.24) is 5.32 Å². The number of nitrogens with one attached hydrogen (secondary N) is 1. The van der Waals surface area contributed by atoms with E-state index >= 15 is 0 Å². The molecule has 2 rings (SSSR count). The maximum Gasteiger partial charge on any atom is 0.0306 e. The summed E-state index contributed by atoms with van der Waals surface area (Å²) in [5.41, 5.74) is 6.26. The summed E-state index contributed by atoms with van der Waals surface area (Å²) >= 11 is 0. The van der Waals surface area contributed by atoms with Crippen molar-refractivity contribution in [3.8, 4) is 0 Å². The molecule has 0 radical (unpaired) electrons. The van der Waals surface area contributed by atoms with E-state index in [4.69, 9.17) is 5.73 Å². The van der Waals surface area contributed by atoms with Gasteiger partial charge in [-0.25, -0.2) is 0 Å². The van der Waals surface area contributed by atoms with Gasteiger partial charge in [-0.3, -0.25) is 0 Å². The molecule has 0 aromatic heterocycles. The van der Waals surface area contributed by atoms with Crippen molar-refractivity contribution >= 4 is 0 Å². The second-order valence-electron chi connectivity index (χ2n) is 6.01. The predicted octanol–water partition coefficient (Wildman–Crippen LogP) is 2.14. The third kappa shape index (κ3) is 2.73. The van der Waals surface area contributed by atoms with E-state index < -0.39 is 0 Å². The summed E-state index contributed by atoms with van der Waals surface area (Å²) in [7, 11) is 0. The Bertz CT molecular complexity index is 213. The molecule has 2 nitrogen and oxygen atoms in total. The lowest BCUT2D eigenvalue weighted by Gasteiger charge is -2.43. The van der Waals surface area contributed by atoms with Crippen molar-refractivity contribution in [2.24, 2.45) is 23.5 Å². The minimum atomic E-state index is 0.272. The van der Waals surface area contributed by atoms with E-state index in [9.17, 15) is 0 Å². The van der Waals surface area contributed by atoms with E-state index in [0.717, 1.165) is 24.3 Å². The summed E-state index contributed by atoms with van der Waals surface area (Å²) in [4.78, 5) is 0. The molecule has 0 spiro atoms. The van der Waals surface area contributed by atoms with Crippen LogP contribution in [0.15, 0.2) is 0 Å².